The monoisotopic (exact) mass is 462 g/mol. The van der Waals surface area contributed by atoms with Gasteiger partial charge in [0.25, 0.3) is 5.91 Å². The van der Waals surface area contributed by atoms with Gasteiger partial charge in [-0.2, -0.15) is 4.31 Å². The minimum absolute atomic E-state index is 0.00196. The molecule has 2 aliphatic heterocycles. The maximum atomic E-state index is 13.0. The second-order valence-electron chi connectivity index (χ2n) is 7.94. The number of thiophene rings is 1. The lowest BCUT2D eigenvalue weighted by molar-refractivity contribution is -0.122. The van der Waals surface area contributed by atoms with Crippen LogP contribution in [-0.4, -0.2) is 50.3 Å². The molecule has 0 radical (unpaired) electrons. The van der Waals surface area contributed by atoms with Gasteiger partial charge in [0.05, 0.1) is 0 Å². The molecule has 1 aromatic carbocycles. The van der Waals surface area contributed by atoms with Crippen molar-refractivity contribution in [1.29, 1.82) is 0 Å². The van der Waals surface area contributed by atoms with Crippen LogP contribution in [0.5, 0.6) is 0 Å². The third-order valence-corrected chi connectivity index (χ3v) is 8.83. The normalized spacial score (nSPS) is 19.6. The lowest BCUT2D eigenvalue weighted by Crippen LogP contribution is -2.44. The summed E-state index contributed by atoms with van der Waals surface area (Å²) < 4.78 is 32.7. The van der Waals surface area contributed by atoms with E-state index in [4.69, 9.17) is 4.74 Å². The number of sulfonamides is 1. The molecule has 1 saturated heterocycles. The number of para-hydroxylation sites is 1. The fourth-order valence-corrected chi connectivity index (χ4v) is 7.03. The third-order valence-electron chi connectivity index (χ3n) is 5.87. The summed E-state index contributed by atoms with van der Waals surface area (Å²) in [5.41, 5.74) is 1.93. The Labute approximate surface area is 186 Å². The highest BCUT2D eigenvalue weighted by Crippen LogP contribution is 2.31. The fraction of sp³-hybridized carbons (Fsp3) is 0.455. The first kappa shape index (κ1) is 22.0. The molecule has 0 bridgehead atoms. The summed E-state index contributed by atoms with van der Waals surface area (Å²) >= 11 is 1.02. The molecule has 0 aliphatic carbocycles. The first-order chi connectivity index (χ1) is 14.9. The summed E-state index contributed by atoms with van der Waals surface area (Å²) in [6.07, 6.45) is 4.36. The Morgan fingerprint density at radius 1 is 1.13 bits per heavy atom. The molecular weight excluding hydrogens is 436 g/mol. The van der Waals surface area contributed by atoms with E-state index in [-0.39, 0.29) is 21.7 Å². The van der Waals surface area contributed by atoms with E-state index in [0.29, 0.717) is 13.1 Å². The van der Waals surface area contributed by atoms with E-state index in [1.165, 1.54) is 10.4 Å². The number of piperidine rings is 1. The van der Waals surface area contributed by atoms with Gasteiger partial charge < -0.3 is 9.64 Å². The first-order valence-corrected chi connectivity index (χ1v) is 12.9. The molecule has 0 N–H and O–H groups in total. The molecule has 2 aliphatic rings. The average Bonchev–Trinajstić information content (AvgIpc) is 3.29. The highest BCUT2D eigenvalue weighted by Gasteiger charge is 2.33. The van der Waals surface area contributed by atoms with Crippen LogP contribution in [0.1, 0.15) is 47.8 Å². The van der Waals surface area contributed by atoms with E-state index in [1.807, 2.05) is 31.2 Å². The number of nitrogens with zero attached hydrogens (tertiary/aromatic N) is 2. The molecule has 1 amide bonds. The first-order valence-electron chi connectivity index (χ1n) is 10.5. The Balaban J connectivity index is 1.47. The van der Waals surface area contributed by atoms with Crippen molar-refractivity contribution in [3.05, 3.63) is 46.2 Å². The van der Waals surface area contributed by atoms with Gasteiger partial charge in [0.2, 0.25) is 10.0 Å². The minimum atomic E-state index is -3.75. The van der Waals surface area contributed by atoms with Crippen LogP contribution in [0.25, 0.3) is 0 Å². The number of carbonyl (C=O) groups excluding carboxylic acids is 2. The van der Waals surface area contributed by atoms with Gasteiger partial charge in [-0.05, 0) is 55.7 Å². The SMILES string of the molecule is CC1CCc2ccccc2N1C(=O)COC(=O)c1sccc1S(=O)(=O)N1CCCCC1. The van der Waals surface area contributed by atoms with Gasteiger partial charge in [0.15, 0.2) is 6.61 Å². The number of anilines is 1. The highest BCUT2D eigenvalue weighted by molar-refractivity contribution is 7.89. The van der Waals surface area contributed by atoms with Crippen LogP contribution in [-0.2, 0) is 26.0 Å². The van der Waals surface area contributed by atoms with E-state index in [2.05, 4.69) is 0 Å². The van der Waals surface area contributed by atoms with Gasteiger partial charge in [-0.1, -0.05) is 24.6 Å². The van der Waals surface area contributed by atoms with Crippen molar-refractivity contribution in [1.82, 2.24) is 4.31 Å². The topological polar surface area (TPSA) is 84.0 Å². The van der Waals surface area contributed by atoms with Crippen LogP contribution in [0, 0.1) is 0 Å². The van der Waals surface area contributed by atoms with Crippen LogP contribution in [0.4, 0.5) is 5.69 Å². The number of amides is 1. The largest absolute Gasteiger partial charge is 0.451 e. The number of fused-ring (bicyclic) bond motifs is 1. The molecule has 0 saturated carbocycles. The molecule has 7 nitrogen and oxygen atoms in total. The Bertz CT molecular complexity index is 1070. The van der Waals surface area contributed by atoms with Gasteiger partial charge in [-0.3, -0.25) is 4.79 Å². The molecule has 1 fully saturated rings. The van der Waals surface area contributed by atoms with Crippen LogP contribution in [0.15, 0.2) is 40.6 Å². The zero-order valence-electron chi connectivity index (χ0n) is 17.5. The molecule has 1 aromatic heterocycles. The van der Waals surface area contributed by atoms with Crippen molar-refractivity contribution in [3.63, 3.8) is 0 Å². The molecule has 0 spiro atoms. The number of ether oxygens (including phenoxy) is 1. The van der Waals surface area contributed by atoms with Crippen LogP contribution in [0.2, 0.25) is 0 Å². The number of esters is 1. The van der Waals surface area contributed by atoms with Crippen molar-refractivity contribution in [3.8, 4) is 0 Å². The molecule has 3 heterocycles. The van der Waals surface area contributed by atoms with Gasteiger partial charge in [-0.25, -0.2) is 13.2 Å². The van der Waals surface area contributed by atoms with E-state index in [1.54, 1.807) is 10.3 Å². The standard InChI is InChI=1S/C22H26N2O5S2/c1-16-9-10-17-7-3-4-8-18(17)24(16)20(25)15-29-22(26)21-19(11-14-30-21)31(27,28)23-12-5-2-6-13-23/h3-4,7-8,11,14,16H,2,5-6,9-10,12-13,15H2,1H3. The number of carbonyl (C=O) groups is 2. The summed E-state index contributed by atoms with van der Waals surface area (Å²) in [7, 11) is -3.75. The third kappa shape index (κ3) is 4.40. The predicted molar refractivity (Wildman–Crippen MR) is 119 cm³/mol. The molecule has 31 heavy (non-hydrogen) atoms. The van der Waals surface area contributed by atoms with Crippen molar-refractivity contribution >= 4 is 38.9 Å². The quantitative estimate of drug-likeness (QED) is 0.636. The summed E-state index contributed by atoms with van der Waals surface area (Å²) in [6, 6.07) is 9.16. The second kappa shape index (κ2) is 9.10. The number of benzene rings is 1. The Kier molecular flexibility index (Phi) is 6.45. The van der Waals surface area contributed by atoms with E-state index >= 15 is 0 Å². The predicted octanol–water partition coefficient (Wildman–Crippen LogP) is 3.45. The Morgan fingerprint density at radius 2 is 1.87 bits per heavy atom. The Hall–Kier alpha value is -2.23. The van der Waals surface area contributed by atoms with E-state index < -0.39 is 22.6 Å². The second-order valence-corrected chi connectivity index (χ2v) is 10.8. The van der Waals surface area contributed by atoms with E-state index in [0.717, 1.165) is 54.7 Å². The number of hydrogen-bond acceptors (Lipinski definition) is 6. The Morgan fingerprint density at radius 3 is 2.65 bits per heavy atom. The van der Waals surface area contributed by atoms with Crippen molar-refractivity contribution in [2.24, 2.45) is 0 Å². The molecule has 4 rings (SSSR count). The summed E-state index contributed by atoms with van der Waals surface area (Å²) in [5, 5.41) is 1.57. The smallest absolute Gasteiger partial charge is 0.350 e. The zero-order valence-corrected chi connectivity index (χ0v) is 19.1. The van der Waals surface area contributed by atoms with Crippen LogP contribution in [0.3, 0.4) is 0 Å². The number of aryl methyl sites for hydroxylation is 1. The van der Waals surface area contributed by atoms with Gasteiger partial charge in [0.1, 0.15) is 9.77 Å². The highest BCUT2D eigenvalue weighted by atomic mass is 32.2. The fourth-order valence-electron chi connectivity index (χ4n) is 4.22. The average molecular weight is 463 g/mol. The maximum absolute atomic E-state index is 13.0. The molecule has 1 atom stereocenters. The number of rotatable bonds is 5. The molecule has 9 heteroatoms. The lowest BCUT2D eigenvalue weighted by Gasteiger charge is -2.35. The van der Waals surface area contributed by atoms with Crippen molar-refractivity contribution in [2.45, 2.75) is 50.0 Å². The molecule has 166 valence electrons. The molecule has 2 aromatic rings. The van der Waals surface area contributed by atoms with Gasteiger partial charge >= 0.3 is 5.97 Å². The lowest BCUT2D eigenvalue weighted by atomic mass is 9.96. The summed E-state index contributed by atoms with van der Waals surface area (Å²) in [4.78, 5) is 27.3. The van der Waals surface area contributed by atoms with Crippen LogP contribution >= 0.6 is 11.3 Å². The molecule has 1 unspecified atom stereocenters. The van der Waals surface area contributed by atoms with Gasteiger partial charge in [0, 0.05) is 24.8 Å². The van der Waals surface area contributed by atoms with E-state index in [9.17, 15) is 18.0 Å². The zero-order chi connectivity index (χ0) is 22.0. The van der Waals surface area contributed by atoms with Crippen molar-refractivity contribution in [2.75, 3.05) is 24.6 Å². The molecular formula is C22H26N2O5S2. The summed E-state index contributed by atoms with van der Waals surface area (Å²) in [5.74, 6) is -1.10. The van der Waals surface area contributed by atoms with Crippen LogP contribution < -0.4 is 4.90 Å². The number of hydrogen-bond donors (Lipinski definition) is 0. The maximum Gasteiger partial charge on any atom is 0.350 e. The minimum Gasteiger partial charge on any atom is -0.451 e. The van der Waals surface area contributed by atoms with Crippen molar-refractivity contribution < 1.29 is 22.7 Å². The van der Waals surface area contributed by atoms with Gasteiger partial charge in [-0.15, -0.1) is 11.3 Å². The summed E-state index contributed by atoms with van der Waals surface area (Å²) in [6.45, 7) is 2.45.